The number of phenols is 1. The highest BCUT2D eigenvalue weighted by Gasteiger charge is 2.03. The zero-order valence-electron chi connectivity index (χ0n) is 7.99. The number of hydrogen-bond donors (Lipinski definition) is 1. The van der Waals surface area contributed by atoms with Gasteiger partial charge in [-0.25, -0.2) is 4.79 Å². The summed E-state index contributed by atoms with van der Waals surface area (Å²) in [6.45, 7) is 5.20. The topological polar surface area (TPSA) is 46.5 Å². The number of carbonyl (C=O) groups is 1. The molecule has 0 aromatic heterocycles. The predicted molar refractivity (Wildman–Crippen MR) is 52.7 cm³/mol. The molecule has 0 amide bonds. The lowest BCUT2D eigenvalue weighted by Crippen LogP contribution is -2.04. The summed E-state index contributed by atoms with van der Waals surface area (Å²) in [5.74, 6) is -0.262. The largest absolute Gasteiger partial charge is 0.508 e. The molecule has 0 unspecified atom stereocenters. The molecule has 1 aromatic rings. The van der Waals surface area contributed by atoms with E-state index in [1.54, 1.807) is 31.2 Å². The van der Waals surface area contributed by atoms with Crippen molar-refractivity contribution in [3.8, 4) is 5.75 Å². The molecule has 0 aliphatic heterocycles. The Morgan fingerprint density at radius 2 is 2.29 bits per heavy atom. The van der Waals surface area contributed by atoms with E-state index in [1.807, 2.05) is 0 Å². The van der Waals surface area contributed by atoms with Gasteiger partial charge in [-0.3, -0.25) is 0 Å². The highest BCUT2D eigenvalue weighted by Crippen LogP contribution is 2.12. The van der Waals surface area contributed by atoms with Crippen molar-refractivity contribution in [3.63, 3.8) is 0 Å². The van der Waals surface area contributed by atoms with E-state index in [2.05, 4.69) is 6.58 Å². The Hall–Kier alpha value is -1.77. The molecule has 0 aliphatic carbocycles. The minimum atomic E-state index is -0.423. The van der Waals surface area contributed by atoms with E-state index in [0.29, 0.717) is 5.57 Å². The summed E-state index contributed by atoms with van der Waals surface area (Å²) >= 11 is 0. The van der Waals surface area contributed by atoms with E-state index in [4.69, 9.17) is 9.84 Å². The minimum absolute atomic E-state index is 0.153. The van der Waals surface area contributed by atoms with Crippen LogP contribution in [0.5, 0.6) is 5.75 Å². The standard InChI is InChI=1S/C11H12O3/c1-8(2)11(13)14-7-9-4-3-5-10(12)6-9/h3-6,12H,1,7H2,2H3. The Morgan fingerprint density at radius 1 is 1.57 bits per heavy atom. The van der Waals surface area contributed by atoms with E-state index in [1.165, 1.54) is 0 Å². The molecule has 1 rings (SSSR count). The van der Waals surface area contributed by atoms with Crippen LogP contribution in [0.25, 0.3) is 0 Å². The first-order valence-corrected chi connectivity index (χ1v) is 4.20. The molecule has 0 saturated heterocycles. The second-order valence-electron chi connectivity index (χ2n) is 3.03. The molecule has 3 heteroatoms. The molecule has 1 N–H and O–H groups in total. The number of aromatic hydroxyl groups is 1. The maximum atomic E-state index is 11.0. The molecule has 0 radical (unpaired) electrons. The number of benzene rings is 1. The van der Waals surface area contributed by atoms with E-state index in [0.717, 1.165) is 5.56 Å². The SMILES string of the molecule is C=C(C)C(=O)OCc1cccc(O)c1. The molecular formula is C11H12O3. The number of phenolic OH excluding ortho intramolecular Hbond substituents is 1. The van der Waals surface area contributed by atoms with Crippen molar-refractivity contribution in [2.45, 2.75) is 13.5 Å². The normalized spacial score (nSPS) is 9.50. The lowest BCUT2D eigenvalue weighted by Gasteiger charge is -2.04. The van der Waals surface area contributed by atoms with Gasteiger partial charge in [0, 0.05) is 5.57 Å². The van der Waals surface area contributed by atoms with Crippen LogP contribution in [-0.2, 0) is 16.1 Å². The molecule has 0 spiro atoms. The van der Waals surface area contributed by atoms with Crippen molar-refractivity contribution in [1.29, 1.82) is 0 Å². The molecule has 3 nitrogen and oxygen atoms in total. The molecule has 14 heavy (non-hydrogen) atoms. The van der Waals surface area contributed by atoms with Crippen molar-refractivity contribution in [2.75, 3.05) is 0 Å². The van der Waals surface area contributed by atoms with Crippen molar-refractivity contribution in [2.24, 2.45) is 0 Å². The van der Waals surface area contributed by atoms with Gasteiger partial charge in [0.25, 0.3) is 0 Å². The Morgan fingerprint density at radius 3 is 2.86 bits per heavy atom. The van der Waals surface area contributed by atoms with E-state index in [-0.39, 0.29) is 12.4 Å². The highest BCUT2D eigenvalue weighted by atomic mass is 16.5. The van der Waals surface area contributed by atoms with Crippen LogP contribution in [0.2, 0.25) is 0 Å². The summed E-state index contributed by atoms with van der Waals surface area (Å²) in [6, 6.07) is 6.57. The monoisotopic (exact) mass is 192 g/mol. The molecule has 0 bridgehead atoms. The molecular weight excluding hydrogens is 180 g/mol. The third kappa shape index (κ3) is 2.94. The Kier molecular flexibility index (Phi) is 3.29. The number of hydrogen-bond acceptors (Lipinski definition) is 3. The molecule has 74 valence electrons. The number of esters is 1. The molecule has 0 heterocycles. The van der Waals surface area contributed by atoms with Gasteiger partial charge in [-0.1, -0.05) is 18.7 Å². The van der Waals surface area contributed by atoms with E-state index in [9.17, 15) is 4.79 Å². The number of carbonyl (C=O) groups excluding carboxylic acids is 1. The van der Waals surface area contributed by atoms with Gasteiger partial charge < -0.3 is 9.84 Å². The van der Waals surface area contributed by atoms with Crippen molar-refractivity contribution >= 4 is 5.97 Å². The summed E-state index contributed by atoms with van der Waals surface area (Å²) in [6.07, 6.45) is 0. The smallest absolute Gasteiger partial charge is 0.333 e. The van der Waals surface area contributed by atoms with Gasteiger partial charge in [-0.2, -0.15) is 0 Å². The Labute approximate surface area is 82.6 Å². The Balaban J connectivity index is 2.54. The molecule has 0 fully saturated rings. The average molecular weight is 192 g/mol. The fraction of sp³-hybridized carbons (Fsp3) is 0.182. The first-order chi connectivity index (χ1) is 6.59. The van der Waals surface area contributed by atoms with Gasteiger partial charge in [-0.15, -0.1) is 0 Å². The van der Waals surface area contributed by atoms with Crippen LogP contribution >= 0.6 is 0 Å². The zero-order valence-corrected chi connectivity index (χ0v) is 7.99. The van der Waals surface area contributed by atoms with Crippen LogP contribution in [0.1, 0.15) is 12.5 Å². The molecule has 0 aliphatic rings. The first kappa shape index (κ1) is 10.3. The number of ether oxygens (including phenoxy) is 1. The van der Waals surface area contributed by atoms with Gasteiger partial charge in [0.15, 0.2) is 0 Å². The van der Waals surface area contributed by atoms with Crippen molar-refractivity contribution in [1.82, 2.24) is 0 Å². The second-order valence-corrected chi connectivity index (χ2v) is 3.03. The maximum absolute atomic E-state index is 11.0. The summed E-state index contributed by atoms with van der Waals surface area (Å²) < 4.78 is 4.89. The maximum Gasteiger partial charge on any atom is 0.333 e. The second kappa shape index (κ2) is 4.46. The predicted octanol–water partition coefficient (Wildman–Crippen LogP) is 2.01. The van der Waals surface area contributed by atoms with Crippen molar-refractivity contribution in [3.05, 3.63) is 42.0 Å². The summed E-state index contributed by atoms with van der Waals surface area (Å²) in [5, 5.41) is 9.13. The van der Waals surface area contributed by atoms with E-state index < -0.39 is 5.97 Å². The first-order valence-electron chi connectivity index (χ1n) is 4.20. The zero-order chi connectivity index (χ0) is 10.6. The van der Waals surface area contributed by atoms with Crippen LogP contribution in [0, 0.1) is 0 Å². The van der Waals surface area contributed by atoms with Gasteiger partial charge in [0.05, 0.1) is 0 Å². The molecule has 0 atom stereocenters. The fourth-order valence-electron chi connectivity index (χ4n) is 0.918. The quantitative estimate of drug-likeness (QED) is 0.588. The van der Waals surface area contributed by atoms with Crippen LogP contribution in [-0.4, -0.2) is 11.1 Å². The van der Waals surface area contributed by atoms with Crippen LogP contribution in [0.3, 0.4) is 0 Å². The minimum Gasteiger partial charge on any atom is -0.508 e. The van der Waals surface area contributed by atoms with Gasteiger partial charge in [-0.05, 0) is 24.6 Å². The van der Waals surface area contributed by atoms with Gasteiger partial charge in [0.1, 0.15) is 12.4 Å². The number of rotatable bonds is 3. The van der Waals surface area contributed by atoms with Crippen LogP contribution in [0.15, 0.2) is 36.4 Å². The van der Waals surface area contributed by atoms with E-state index >= 15 is 0 Å². The lowest BCUT2D eigenvalue weighted by atomic mass is 10.2. The lowest BCUT2D eigenvalue weighted by molar-refractivity contribution is -0.140. The summed E-state index contributed by atoms with van der Waals surface area (Å²) in [7, 11) is 0. The highest BCUT2D eigenvalue weighted by molar-refractivity contribution is 5.86. The molecule has 1 aromatic carbocycles. The fourth-order valence-corrected chi connectivity index (χ4v) is 0.918. The summed E-state index contributed by atoms with van der Waals surface area (Å²) in [5.41, 5.74) is 1.12. The Bertz CT molecular complexity index is 355. The average Bonchev–Trinajstić information content (AvgIpc) is 2.14. The van der Waals surface area contributed by atoms with Gasteiger partial charge >= 0.3 is 5.97 Å². The van der Waals surface area contributed by atoms with Crippen LogP contribution < -0.4 is 0 Å². The third-order valence-corrected chi connectivity index (χ3v) is 1.63. The third-order valence-electron chi connectivity index (χ3n) is 1.63. The van der Waals surface area contributed by atoms with Crippen molar-refractivity contribution < 1.29 is 14.6 Å². The van der Waals surface area contributed by atoms with Gasteiger partial charge in [0.2, 0.25) is 0 Å². The molecule has 0 saturated carbocycles. The van der Waals surface area contributed by atoms with Crippen LogP contribution in [0.4, 0.5) is 0 Å². The summed E-state index contributed by atoms with van der Waals surface area (Å²) in [4.78, 5) is 11.0.